The van der Waals surface area contributed by atoms with Gasteiger partial charge in [0.2, 0.25) is 0 Å². The van der Waals surface area contributed by atoms with Crippen LogP contribution < -0.4 is 10.1 Å². The predicted octanol–water partition coefficient (Wildman–Crippen LogP) is 1.14. The Bertz CT molecular complexity index is 304. The first kappa shape index (κ1) is 13.0. The third kappa shape index (κ3) is 3.81. The molecule has 0 spiro atoms. The molecule has 16 heavy (non-hydrogen) atoms. The monoisotopic (exact) mass is 225 g/mol. The summed E-state index contributed by atoms with van der Waals surface area (Å²) in [5.41, 5.74) is 1.07. The van der Waals surface area contributed by atoms with Crippen LogP contribution in [0.4, 0.5) is 0 Å². The second-order valence-electron chi connectivity index (χ2n) is 3.43. The number of ether oxygens (including phenoxy) is 2. The smallest absolute Gasteiger partial charge is 0.123 e. The molecule has 0 aliphatic carbocycles. The summed E-state index contributed by atoms with van der Waals surface area (Å²) >= 11 is 0. The van der Waals surface area contributed by atoms with Crippen LogP contribution in [0.5, 0.6) is 5.75 Å². The highest BCUT2D eigenvalue weighted by molar-refractivity contribution is 5.32. The molecule has 4 heteroatoms. The van der Waals surface area contributed by atoms with Gasteiger partial charge in [-0.2, -0.15) is 0 Å². The molecule has 0 bridgehead atoms. The van der Waals surface area contributed by atoms with E-state index >= 15 is 0 Å². The van der Waals surface area contributed by atoms with Crippen LogP contribution in [0.2, 0.25) is 0 Å². The lowest BCUT2D eigenvalue weighted by Gasteiger charge is -2.17. The third-order valence-corrected chi connectivity index (χ3v) is 2.39. The Hall–Kier alpha value is -1.10. The fourth-order valence-corrected chi connectivity index (χ4v) is 1.49. The molecule has 0 fully saturated rings. The maximum Gasteiger partial charge on any atom is 0.123 e. The average Bonchev–Trinajstić information content (AvgIpc) is 2.34. The van der Waals surface area contributed by atoms with E-state index in [-0.39, 0.29) is 12.8 Å². The molecule has 0 aromatic heterocycles. The molecule has 4 nitrogen and oxygen atoms in total. The van der Waals surface area contributed by atoms with E-state index in [9.17, 15) is 0 Å². The van der Waals surface area contributed by atoms with Crippen molar-refractivity contribution in [3.63, 3.8) is 0 Å². The lowest BCUT2D eigenvalue weighted by molar-refractivity contribution is 0.0503. The van der Waals surface area contributed by atoms with Crippen LogP contribution in [0.1, 0.15) is 12.0 Å². The lowest BCUT2D eigenvalue weighted by Crippen LogP contribution is -2.31. The fourth-order valence-electron chi connectivity index (χ4n) is 1.49. The molecular weight excluding hydrogens is 206 g/mol. The van der Waals surface area contributed by atoms with Gasteiger partial charge in [-0.3, -0.25) is 5.32 Å². The number of aliphatic hydroxyl groups is 1. The zero-order chi connectivity index (χ0) is 11.8. The molecule has 0 aliphatic rings. The standard InChI is InChI=1S/C12H19NO3/c1-15-11-6-4-3-5-10(11)9-13-12(16-2)7-8-14/h3-6,12-14H,7-9H2,1-2H3/t12-/m0/s1. The van der Waals surface area contributed by atoms with E-state index < -0.39 is 0 Å². The zero-order valence-electron chi connectivity index (χ0n) is 9.77. The van der Waals surface area contributed by atoms with Gasteiger partial charge in [-0.05, 0) is 6.07 Å². The van der Waals surface area contributed by atoms with Gasteiger partial charge in [-0.15, -0.1) is 0 Å². The highest BCUT2D eigenvalue weighted by atomic mass is 16.5. The molecular formula is C12H19NO3. The van der Waals surface area contributed by atoms with Crippen molar-refractivity contribution in [2.75, 3.05) is 20.8 Å². The zero-order valence-corrected chi connectivity index (χ0v) is 9.77. The normalized spacial score (nSPS) is 12.4. The first-order valence-corrected chi connectivity index (χ1v) is 5.30. The van der Waals surface area contributed by atoms with Crippen LogP contribution >= 0.6 is 0 Å². The molecule has 2 N–H and O–H groups in total. The Balaban J connectivity index is 2.52. The number of para-hydroxylation sites is 1. The number of rotatable bonds is 7. The number of hydrogen-bond acceptors (Lipinski definition) is 4. The van der Waals surface area contributed by atoms with E-state index in [0.717, 1.165) is 11.3 Å². The van der Waals surface area contributed by atoms with Gasteiger partial charge < -0.3 is 14.6 Å². The van der Waals surface area contributed by atoms with Crippen molar-refractivity contribution in [2.45, 2.75) is 19.2 Å². The van der Waals surface area contributed by atoms with Gasteiger partial charge in [0.05, 0.1) is 7.11 Å². The Kier molecular flexibility index (Phi) is 5.85. The summed E-state index contributed by atoms with van der Waals surface area (Å²) in [6.45, 7) is 0.764. The van der Waals surface area contributed by atoms with Crippen molar-refractivity contribution < 1.29 is 14.6 Å². The minimum atomic E-state index is -0.130. The first-order valence-electron chi connectivity index (χ1n) is 5.30. The Morgan fingerprint density at radius 3 is 2.69 bits per heavy atom. The fraction of sp³-hybridized carbons (Fsp3) is 0.500. The van der Waals surface area contributed by atoms with Crippen LogP contribution in [0, 0.1) is 0 Å². The van der Waals surface area contributed by atoms with E-state index in [2.05, 4.69) is 5.32 Å². The van der Waals surface area contributed by atoms with E-state index in [4.69, 9.17) is 14.6 Å². The van der Waals surface area contributed by atoms with Gasteiger partial charge in [0.25, 0.3) is 0 Å². The highest BCUT2D eigenvalue weighted by Gasteiger charge is 2.07. The SMILES string of the molecule is COc1ccccc1CN[C@H](CCO)OC. The van der Waals surface area contributed by atoms with Crippen molar-refractivity contribution in [3.05, 3.63) is 29.8 Å². The second kappa shape index (κ2) is 7.22. The van der Waals surface area contributed by atoms with Crippen LogP contribution in [-0.2, 0) is 11.3 Å². The molecule has 1 aromatic rings. The van der Waals surface area contributed by atoms with Gasteiger partial charge >= 0.3 is 0 Å². The van der Waals surface area contributed by atoms with E-state index in [1.807, 2.05) is 24.3 Å². The molecule has 0 saturated heterocycles. The number of benzene rings is 1. The topological polar surface area (TPSA) is 50.7 Å². The Labute approximate surface area is 96.2 Å². The third-order valence-electron chi connectivity index (χ3n) is 2.39. The minimum absolute atomic E-state index is 0.109. The molecule has 0 unspecified atom stereocenters. The van der Waals surface area contributed by atoms with Crippen molar-refractivity contribution in [1.82, 2.24) is 5.32 Å². The minimum Gasteiger partial charge on any atom is -0.496 e. The summed E-state index contributed by atoms with van der Waals surface area (Å²) in [5.74, 6) is 0.855. The number of aliphatic hydroxyl groups excluding tert-OH is 1. The van der Waals surface area contributed by atoms with Gasteiger partial charge in [0.1, 0.15) is 12.0 Å². The van der Waals surface area contributed by atoms with Crippen molar-refractivity contribution in [3.8, 4) is 5.75 Å². The van der Waals surface area contributed by atoms with Crippen LogP contribution in [0.3, 0.4) is 0 Å². The number of methoxy groups -OCH3 is 2. The summed E-state index contributed by atoms with van der Waals surface area (Å²) < 4.78 is 10.4. The largest absolute Gasteiger partial charge is 0.496 e. The van der Waals surface area contributed by atoms with Crippen LogP contribution in [0.15, 0.2) is 24.3 Å². The lowest BCUT2D eigenvalue weighted by atomic mass is 10.2. The van der Waals surface area contributed by atoms with E-state index in [0.29, 0.717) is 13.0 Å². The van der Waals surface area contributed by atoms with Gasteiger partial charge in [-0.1, -0.05) is 18.2 Å². The molecule has 0 aliphatic heterocycles. The van der Waals surface area contributed by atoms with E-state index in [1.54, 1.807) is 14.2 Å². The molecule has 1 aromatic carbocycles. The molecule has 0 amide bonds. The van der Waals surface area contributed by atoms with Gasteiger partial charge in [0.15, 0.2) is 0 Å². The molecule has 0 saturated carbocycles. The van der Waals surface area contributed by atoms with Crippen LogP contribution in [0.25, 0.3) is 0 Å². The maximum absolute atomic E-state index is 8.82. The second-order valence-corrected chi connectivity index (χ2v) is 3.43. The van der Waals surface area contributed by atoms with Gasteiger partial charge in [-0.25, -0.2) is 0 Å². The first-order chi connectivity index (χ1) is 7.81. The Morgan fingerprint density at radius 2 is 2.06 bits per heavy atom. The van der Waals surface area contributed by atoms with Crippen molar-refractivity contribution in [1.29, 1.82) is 0 Å². The van der Waals surface area contributed by atoms with Crippen LogP contribution in [-0.4, -0.2) is 32.2 Å². The molecule has 0 heterocycles. The number of hydrogen-bond donors (Lipinski definition) is 2. The Morgan fingerprint density at radius 1 is 1.31 bits per heavy atom. The van der Waals surface area contributed by atoms with Crippen molar-refractivity contribution >= 4 is 0 Å². The quantitative estimate of drug-likeness (QED) is 0.683. The highest BCUT2D eigenvalue weighted by Crippen LogP contribution is 2.16. The summed E-state index contributed by atoms with van der Waals surface area (Å²) in [7, 11) is 3.27. The summed E-state index contributed by atoms with van der Waals surface area (Å²) in [6, 6.07) is 7.82. The molecule has 1 atom stereocenters. The average molecular weight is 225 g/mol. The summed E-state index contributed by atoms with van der Waals surface area (Å²) in [4.78, 5) is 0. The van der Waals surface area contributed by atoms with Crippen molar-refractivity contribution in [2.24, 2.45) is 0 Å². The molecule has 90 valence electrons. The summed E-state index contributed by atoms with van der Waals surface area (Å²) in [5, 5.41) is 12.0. The maximum atomic E-state index is 8.82. The van der Waals surface area contributed by atoms with Gasteiger partial charge in [0, 0.05) is 32.2 Å². The van der Waals surface area contributed by atoms with E-state index in [1.165, 1.54) is 0 Å². The molecule has 0 radical (unpaired) electrons. The summed E-state index contributed by atoms with van der Waals surface area (Å²) in [6.07, 6.45) is 0.445. The molecule has 1 rings (SSSR count). The number of nitrogens with one attached hydrogen (secondary N) is 1. The predicted molar refractivity (Wildman–Crippen MR) is 62.3 cm³/mol.